The smallest absolute Gasteiger partial charge is 0.331 e. The van der Waals surface area contributed by atoms with E-state index in [9.17, 15) is 14.7 Å². The summed E-state index contributed by atoms with van der Waals surface area (Å²) in [7, 11) is 0. The Morgan fingerprint density at radius 2 is 1.37 bits per heavy atom. The number of carbonyl (C=O) groups excluding carboxylic acids is 2. The zero-order valence-electron chi connectivity index (χ0n) is 39.4. The lowest BCUT2D eigenvalue weighted by atomic mass is 9.32. The van der Waals surface area contributed by atoms with Gasteiger partial charge < -0.3 is 14.6 Å². The zero-order chi connectivity index (χ0) is 43.2. The van der Waals surface area contributed by atoms with E-state index in [2.05, 4.69) is 55.0 Å². The predicted molar refractivity (Wildman–Crippen MR) is 247 cm³/mol. The van der Waals surface area contributed by atoms with Crippen molar-refractivity contribution in [2.45, 2.75) is 209 Å². The molecule has 10 atom stereocenters. The van der Waals surface area contributed by atoms with Gasteiger partial charge in [-0.05, 0) is 147 Å². The van der Waals surface area contributed by atoms with Gasteiger partial charge in [0.25, 0.3) is 0 Å². The molecule has 5 aliphatic rings. The molecule has 1 aromatic rings. The second kappa shape index (κ2) is 19.9. The average molecular weight is 827 g/mol. The summed E-state index contributed by atoms with van der Waals surface area (Å²) in [6, 6.07) is 6.88. The van der Waals surface area contributed by atoms with Gasteiger partial charge in [0.15, 0.2) is 0 Å². The van der Waals surface area contributed by atoms with Crippen LogP contribution in [0.1, 0.15) is 208 Å². The van der Waals surface area contributed by atoms with Crippen LogP contribution in [-0.2, 0) is 19.1 Å². The predicted octanol–water partition coefficient (Wildman–Crippen LogP) is 15.0. The highest BCUT2D eigenvalue weighted by Crippen LogP contribution is 2.77. The Morgan fingerprint density at radius 1 is 0.733 bits per heavy atom. The van der Waals surface area contributed by atoms with Crippen molar-refractivity contribution in [2.24, 2.45) is 56.7 Å². The fourth-order valence-electron chi connectivity index (χ4n) is 15.2. The van der Waals surface area contributed by atoms with E-state index in [4.69, 9.17) is 9.47 Å². The second-order valence-corrected chi connectivity index (χ2v) is 22.4. The molecule has 10 unspecified atom stereocenters. The van der Waals surface area contributed by atoms with Crippen molar-refractivity contribution in [1.29, 1.82) is 0 Å². The molecule has 1 aromatic carbocycles. The topological polar surface area (TPSA) is 72.8 Å². The minimum absolute atomic E-state index is 0.0254. The Bertz CT molecular complexity index is 1620. The molecule has 0 radical (unpaired) electrons. The zero-order valence-corrected chi connectivity index (χ0v) is 39.4. The van der Waals surface area contributed by atoms with E-state index >= 15 is 0 Å². The summed E-state index contributed by atoms with van der Waals surface area (Å²) >= 11 is 0. The van der Waals surface area contributed by atoms with Gasteiger partial charge in [-0.3, -0.25) is 4.79 Å². The van der Waals surface area contributed by atoms with Crippen molar-refractivity contribution < 1.29 is 24.2 Å². The van der Waals surface area contributed by atoms with E-state index in [0.29, 0.717) is 42.6 Å². The lowest BCUT2D eigenvalue weighted by Crippen LogP contribution is -2.67. The molecule has 5 heteroatoms. The number of phenolic OH excluding ortho intramolecular Hbond substituents is 1. The molecular weight excluding hydrogens is 741 g/mol. The fourth-order valence-corrected chi connectivity index (χ4v) is 15.2. The third-order valence-corrected chi connectivity index (χ3v) is 18.7. The highest BCUT2D eigenvalue weighted by Gasteiger charge is 2.71. The molecule has 5 nitrogen and oxygen atoms in total. The minimum atomic E-state index is -0.280. The van der Waals surface area contributed by atoms with E-state index in [0.717, 1.165) is 44.1 Å². The molecule has 6 rings (SSSR count). The SMILES string of the molecule is C=C(C)C1CCC2(COC(=O)CCCCCCCCCCCCCCC)CCC3(C)C(CCC4C5(C)CCC(OC(=O)C=Cc6ccc(O)cc6)C(C)(C)C5CCC43C)C12. The molecule has 5 fully saturated rings. The van der Waals surface area contributed by atoms with Crippen LogP contribution in [-0.4, -0.2) is 29.8 Å². The average Bonchev–Trinajstić information content (AvgIpc) is 3.60. The number of ether oxygens (including phenoxy) is 2. The molecule has 1 N–H and O–H groups in total. The maximum atomic E-state index is 13.3. The summed E-state index contributed by atoms with van der Waals surface area (Å²) in [4.78, 5) is 26.5. The normalized spacial score (nSPS) is 35.5. The molecule has 0 aromatic heterocycles. The molecule has 0 amide bonds. The highest BCUT2D eigenvalue weighted by atomic mass is 16.5. The molecule has 5 saturated carbocycles. The molecule has 336 valence electrons. The number of hydrogen-bond donors (Lipinski definition) is 1. The van der Waals surface area contributed by atoms with Crippen LogP contribution in [0.5, 0.6) is 5.75 Å². The highest BCUT2D eigenvalue weighted by molar-refractivity contribution is 5.87. The Kier molecular flexibility index (Phi) is 15.5. The third kappa shape index (κ3) is 9.66. The quantitative estimate of drug-likeness (QED) is 0.0613. The van der Waals surface area contributed by atoms with Crippen LogP contribution < -0.4 is 0 Å². The molecule has 0 saturated heterocycles. The number of allylic oxidation sites excluding steroid dienone is 1. The number of unbranched alkanes of at least 4 members (excludes halogenated alkanes) is 12. The molecule has 0 heterocycles. The van der Waals surface area contributed by atoms with E-state index in [1.165, 1.54) is 115 Å². The van der Waals surface area contributed by atoms with E-state index in [1.54, 1.807) is 36.4 Å². The number of phenols is 1. The van der Waals surface area contributed by atoms with Crippen molar-refractivity contribution in [3.8, 4) is 5.75 Å². The van der Waals surface area contributed by atoms with Crippen LogP contribution in [0.25, 0.3) is 6.08 Å². The summed E-state index contributed by atoms with van der Waals surface area (Å²) in [6.07, 6.45) is 32.5. The standard InChI is InChI=1S/C55H86O5/c1-9-10-11-12-13-14-15-16-17-18-19-20-21-22-48(57)59-39-55-36-31-43(40(2)3)50(55)44-28-29-46-52(6)34-33-47(60-49(58)30-25-41-23-26-42(56)27-24-41)51(4,5)45(52)32-35-54(46,8)53(44,7)37-38-55/h23-27,30,43-47,50,56H,2,9-22,28-29,31-39H2,1,3-8H3. The van der Waals surface area contributed by atoms with Crippen LogP contribution in [0.4, 0.5) is 0 Å². The molecule has 0 spiro atoms. The first kappa shape index (κ1) is 46.9. The maximum absolute atomic E-state index is 13.3. The van der Waals surface area contributed by atoms with E-state index in [-0.39, 0.29) is 50.9 Å². The Morgan fingerprint density at radius 3 is 2.00 bits per heavy atom. The summed E-state index contributed by atoms with van der Waals surface area (Å²) < 4.78 is 12.6. The van der Waals surface area contributed by atoms with Gasteiger partial charge in [-0.2, -0.15) is 0 Å². The molecular formula is C55H86O5. The Hall–Kier alpha value is -2.56. The lowest BCUT2D eigenvalue weighted by molar-refractivity contribution is -0.251. The van der Waals surface area contributed by atoms with Crippen molar-refractivity contribution >= 4 is 18.0 Å². The number of aromatic hydroxyl groups is 1. The minimum Gasteiger partial charge on any atom is -0.508 e. The van der Waals surface area contributed by atoms with Crippen LogP contribution in [0.15, 0.2) is 42.5 Å². The van der Waals surface area contributed by atoms with Gasteiger partial charge in [-0.1, -0.05) is 143 Å². The molecule has 0 aliphatic heterocycles. The van der Waals surface area contributed by atoms with Crippen molar-refractivity contribution in [3.63, 3.8) is 0 Å². The first-order valence-corrected chi connectivity index (χ1v) is 25.1. The van der Waals surface area contributed by atoms with Gasteiger partial charge in [0.2, 0.25) is 0 Å². The van der Waals surface area contributed by atoms with Crippen LogP contribution in [0.3, 0.4) is 0 Å². The summed E-state index contributed by atoms with van der Waals surface area (Å²) in [5.41, 5.74) is 2.79. The van der Waals surface area contributed by atoms with Crippen molar-refractivity contribution in [2.75, 3.05) is 6.61 Å². The number of benzene rings is 1. The fraction of sp³-hybridized carbons (Fsp3) is 0.782. The van der Waals surface area contributed by atoms with Crippen LogP contribution >= 0.6 is 0 Å². The summed E-state index contributed by atoms with van der Waals surface area (Å²) in [5, 5.41) is 9.63. The molecule has 0 bridgehead atoms. The summed E-state index contributed by atoms with van der Waals surface area (Å²) in [5.74, 6) is 2.73. The molecule has 5 aliphatic carbocycles. The van der Waals surface area contributed by atoms with Gasteiger partial charge in [0, 0.05) is 23.3 Å². The monoisotopic (exact) mass is 827 g/mol. The first-order valence-electron chi connectivity index (χ1n) is 25.1. The van der Waals surface area contributed by atoms with Gasteiger partial charge in [0.1, 0.15) is 11.9 Å². The second-order valence-electron chi connectivity index (χ2n) is 22.4. The number of esters is 2. The number of hydrogen-bond acceptors (Lipinski definition) is 5. The Labute approximate surface area is 366 Å². The number of fused-ring (bicyclic) bond motifs is 7. The molecule has 60 heavy (non-hydrogen) atoms. The van der Waals surface area contributed by atoms with Gasteiger partial charge in [-0.25, -0.2) is 4.79 Å². The van der Waals surface area contributed by atoms with Crippen LogP contribution in [0, 0.1) is 56.7 Å². The summed E-state index contributed by atoms with van der Waals surface area (Å²) in [6.45, 7) is 22.5. The maximum Gasteiger partial charge on any atom is 0.331 e. The van der Waals surface area contributed by atoms with E-state index in [1.807, 2.05) is 0 Å². The van der Waals surface area contributed by atoms with Gasteiger partial charge >= 0.3 is 11.9 Å². The Balaban J connectivity index is 1.04. The lowest BCUT2D eigenvalue weighted by Gasteiger charge is -2.73. The first-order chi connectivity index (χ1) is 28.6. The van der Waals surface area contributed by atoms with Gasteiger partial charge in [-0.15, -0.1) is 0 Å². The van der Waals surface area contributed by atoms with E-state index < -0.39 is 0 Å². The van der Waals surface area contributed by atoms with Crippen LogP contribution in [0.2, 0.25) is 0 Å². The van der Waals surface area contributed by atoms with Crippen molar-refractivity contribution in [1.82, 2.24) is 0 Å². The largest absolute Gasteiger partial charge is 0.508 e. The third-order valence-electron chi connectivity index (χ3n) is 18.7. The van der Waals surface area contributed by atoms with Gasteiger partial charge in [0.05, 0.1) is 6.61 Å². The number of carbonyl (C=O) groups is 2. The van der Waals surface area contributed by atoms with Crippen molar-refractivity contribution in [3.05, 3.63) is 48.1 Å². The number of rotatable bonds is 20.